The average Bonchev–Trinajstić information content (AvgIpc) is 2.42. The topological polar surface area (TPSA) is 26.3 Å². The van der Waals surface area contributed by atoms with E-state index in [4.69, 9.17) is 16.3 Å². The first-order valence-corrected chi connectivity index (χ1v) is 6.24. The number of hydrogen-bond donors (Lipinski definition) is 0. The summed E-state index contributed by atoms with van der Waals surface area (Å²) in [5.74, 6) is -1.13. The van der Waals surface area contributed by atoms with Crippen LogP contribution in [0, 0.1) is 5.82 Å². The minimum absolute atomic E-state index is 0.100. The number of ether oxygens (including phenoxy) is 1. The lowest BCUT2D eigenvalue weighted by Gasteiger charge is -2.07. The van der Waals surface area contributed by atoms with Crippen molar-refractivity contribution in [3.63, 3.8) is 0 Å². The second-order valence-corrected chi connectivity index (χ2v) is 4.40. The molecular weight excluding hydrogens is 267 g/mol. The lowest BCUT2D eigenvalue weighted by atomic mass is 10.1. The van der Waals surface area contributed by atoms with Gasteiger partial charge < -0.3 is 4.74 Å². The van der Waals surface area contributed by atoms with E-state index < -0.39 is 11.8 Å². The molecule has 0 saturated carbocycles. The Bertz CT molecular complexity index is 611. The molecule has 0 atom stereocenters. The van der Waals surface area contributed by atoms with Crippen LogP contribution < -0.4 is 4.74 Å². The van der Waals surface area contributed by atoms with Crippen molar-refractivity contribution in [2.75, 3.05) is 0 Å². The van der Waals surface area contributed by atoms with E-state index in [0.717, 1.165) is 12.0 Å². The SMILES string of the molecule is CCc1cccc(OC(=O)c2cccc(Cl)c2F)c1. The number of carbonyl (C=O) groups excluding carboxylic acids is 1. The maximum atomic E-state index is 13.7. The van der Waals surface area contributed by atoms with Crippen molar-refractivity contribution < 1.29 is 13.9 Å². The molecule has 0 bridgehead atoms. The fourth-order valence-electron chi connectivity index (χ4n) is 1.65. The Kier molecular flexibility index (Phi) is 4.17. The summed E-state index contributed by atoms with van der Waals surface area (Å²) in [6.07, 6.45) is 0.830. The van der Waals surface area contributed by atoms with E-state index >= 15 is 0 Å². The van der Waals surface area contributed by atoms with Crippen LogP contribution in [0.3, 0.4) is 0 Å². The lowest BCUT2D eigenvalue weighted by Crippen LogP contribution is -2.11. The van der Waals surface area contributed by atoms with E-state index in [0.29, 0.717) is 5.75 Å². The third kappa shape index (κ3) is 3.12. The molecule has 0 spiro atoms. The third-order valence-corrected chi connectivity index (χ3v) is 2.98. The predicted molar refractivity (Wildman–Crippen MR) is 72.2 cm³/mol. The summed E-state index contributed by atoms with van der Waals surface area (Å²) in [5.41, 5.74) is 0.867. The van der Waals surface area contributed by atoms with Crippen LogP contribution in [0.1, 0.15) is 22.8 Å². The summed E-state index contributed by atoms with van der Waals surface area (Å²) in [4.78, 5) is 11.9. The molecule has 0 radical (unpaired) electrons. The van der Waals surface area contributed by atoms with Crippen LogP contribution in [0.4, 0.5) is 4.39 Å². The Morgan fingerprint density at radius 1 is 1.26 bits per heavy atom. The largest absolute Gasteiger partial charge is 0.423 e. The number of halogens is 2. The summed E-state index contributed by atoms with van der Waals surface area (Å²) in [6.45, 7) is 2.00. The molecule has 0 aliphatic carbocycles. The smallest absolute Gasteiger partial charge is 0.346 e. The van der Waals surface area contributed by atoms with E-state index in [9.17, 15) is 9.18 Å². The zero-order chi connectivity index (χ0) is 13.8. The Hall–Kier alpha value is -1.87. The minimum Gasteiger partial charge on any atom is -0.423 e. The van der Waals surface area contributed by atoms with Crippen LogP contribution in [-0.2, 0) is 6.42 Å². The third-order valence-electron chi connectivity index (χ3n) is 2.69. The van der Waals surface area contributed by atoms with Gasteiger partial charge in [-0.15, -0.1) is 0 Å². The number of aryl methyl sites for hydroxylation is 1. The van der Waals surface area contributed by atoms with E-state index in [-0.39, 0.29) is 10.6 Å². The normalized spacial score (nSPS) is 10.3. The average molecular weight is 279 g/mol. The van der Waals surface area contributed by atoms with Crippen LogP contribution in [0.5, 0.6) is 5.75 Å². The highest BCUT2D eigenvalue weighted by Gasteiger charge is 2.16. The Morgan fingerprint density at radius 3 is 2.74 bits per heavy atom. The molecule has 0 saturated heterocycles. The van der Waals surface area contributed by atoms with Gasteiger partial charge in [0.2, 0.25) is 0 Å². The van der Waals surface area contributed by atoms with E-state index in [1.807, 2.05) is 13.0 Å². The molecule has 0 aliphatic rings. The highest BCUT2D eigenvalue weighted by atomic mass is 35.5. The molecule has 2 aromatic carbocycles. The van der Waals surface area contributed by atoms with Gasteiger partial charge >= 0.3 is 5.97 Å². The predicted octanol–water partition coefficient (Wildman–Crippen LogP) is 4.26. The fourth-order valence-corrected chi connectivity index (χ4v) is 1.83. The van der Waals surface area contributed by atoms with E-state index in [1.54, 1.807) is 18.2 Å². The number of benzene rings is 2. The monoisotopic (exact) mass is 278 g/mol. The molecule has 19 heavy (non-hydrogen) atoms. The van der Waals surface area contributed by atoms with Gasteiger partial charge in [0.25, 0.3) is 0 Å². The Morgan fingerprint density at radius 2 is 2.00 bits per heavy atom. The summed E-state index contributed by atoms with van der Waals surface area (Å²) < 4.78 is 18.8. The van der Waals surface area contributed by atoms with Gasteiger partial charge in [-0.1, -0.05) is 36.7 Å². The molecule has 98 valence electrons. The summed E-state index contributed by atoms with van der Waals surface area (Å²) in [5, 5.41) is -0.100. The van der Waals surface area contributed by atoms with Crippen molar-refractivity contribution >= 4 is 17.6 Å². The van der Waals surface area contributed by atoms with Gasteiger partial charge in [-0.2, -0.15) is 0 Å². The highest BCUT2D eigenvalue weighted by molar-refractivity contribution is 6.31. The second kappa shape index (κ2) is 5.85. The van der Waals surface area contributed by atoms with Crippen molar-refractivity contribution in [3.8, 4) is 5.75 Å². The highest BCUT2D eigenvalue weighted by Crippen LogP contribution is 2.20. The van der Waals surface area contributed by atoms with Gasteiger partial charge in [-0.3, -0.25) is 0 Å². The maximum Gasteiger partial charge on any atom is 0.346 e. The van der Waals surface area contributed by atoms with Gasteiger partial charge in [0.05, 0.1) is 10.6 Å². The molecule has 2 rings (SSSR count). The zero-order valence-corrected chi connectivity index (χ0v) is 11.1. The molecular formula is C15H12ClFO2. The van der Waals surface area contributed by atoms with Crippen LogP contribution in [0.25, 0.3) is 0 Å². The molecule has 2 aromatic rings. The first-order chi connectivity index (χ1) is 9.11. The number of rotatable bonds is 3. The van der Waals surface area contributed by atoms with Crippen LogP contribution >= 0.6 is 11.6 Å². The quantitative estimate of drug-likeness (QED) is 0.619. The van der Waals surface area contributed by atoms with E-state index in [2.05, 4.69) is 0 Å². The minimum atomic E-state index is -0.763. The lowest BCUT2D eigenvalue weighted by molar-refractivity contribution is 0.0730. The number of esters is 1. The first-order valence-electron chi connectivity index (χ1n) is 5.87. The maximum absolute atomic E-state index is 13.7. The van der Waals surface area contributed by atoms with Crippen molar-refractivity contribution in [2.45, 2.75) is 13.3 Å². The van der Waals surface area contributed by atoms with Crippen molar-refractivity contribution in [1.82, 2.24) is 0 Å². The molecule has 0 amide bonds. The number of hydrogen-bond acceptors (Lipinski definition) is 2. The van der Waals surface area contributed by atoms with Gasteiger partial charge in [-0.05, 0) is 36.2 Å². The van der Waals surface area contributed by atoms with Crippen LogP contribution in [-0.4, -0.2) is 5.97 Å². The van der Waals surface area contributed by atoms with Crippen LogP contribution in [0.2, 0.25) is 5.02 Å². The number of carbonyl (C=O) groups is 1. The fraction of sp³-hybridized carbons (Fsp3) is 0.133. The molecule has 2 nitrogen and oxygen atoms in total. The zero-order valence-electron chi connectivity index (χ0n) is 10.3. The first kappa shape index (κ1) is 13.6. The summed E-state index contributed by atoms with van der Waals surface area (Å²) >= 11 is 5.63. The molecule has 0 unspecified atom stereocenters. The molecule has 4 heteroatoms. The van der Waals surface area contributed by atoms with Crippen molar-refractivity contribution in [2.24, 2.45) is 0 Å². The second-order valence-electron chi connectivity index (χ2n) is 3.99. The molecule has 0 N–H and O–H groups in total. The van der Waals surface area contributed by atoms with Crippen molar-refractivity contribution in [3.05, 3.63) is 64.4 Å². The summed E-state index contributed by atoms with van der Waals surface area (Å²) in [7, 11) is 0. The van der Waals surface area contributed by atoms with Gasteiger partial charge in [0.15, 0.2) is 5.82 Å². The van der Waals surface area contributed by atoms with Gasteiger partial charge in [0, 0.05) is 0 Å². The van der Waals surface area contributed by atoms with Crippen LogP contribution in [0.15, 0.2) is 42.5 Å². The molecule has 0 aromatic heterocycles. The summed E-state index contributed by atoms with van der Waals surface area (Å²) in [6, 6.07) is 11.3. The van der Waals surface area contributed by atoms with Gasteiger partial charge in [-0.25, -0.2) is 9.18 Å². The molecule has 0 fully saturated rings. The molecule has 0 heterocycles. The Balaban J connectivity index is 2.23. The van der Waals surface area contributed by atoms with Crippen molar-refractivity contribution in [1.29, 1.82) is 0 Å². The Labute approximate surface area is 115 Å². The molecule has 0 aliphatic heterocycles. The van der Waals surface area contributed by atoms with Gasteiger partial charge in [0.1, 0.15) is 5.75 Å². The standard InChI is InChI=1S/C15H12ClFO2/c1-2-10-5-3-6-11(9-10)19-15(18)12-7-4-8-13(16)14(12)17/h3-9H,2H2,1H3. The van der Waals surface area contributed by atoms with E-state index in [1.165, 1.54) is 18.2 Å².